The molecule has 1 N–H and O–H groups in total. The number of carbonyl (C=O) groups is 2. The molecule has 1 heterocycles. The van der Waals surface area contributed by atoms with Crippen LogP contribution in [0.2, 0.25) is 0 Å². The van der Waals surface area contributed by atoms with Crippen LogP contribution >= 0.6 is 0 Å². The zero-order valence-electron chi connectivity index (χ0n) is 14.0. The van der Waals surface area contributed by atoms with Gasteiger partial charge in [0, 0.05) is 5.69 Å². The summed E-state index contributed by atoms with van der Waals surface area (Å²) < 4.78 is 0. The van der Waals surface area contributed by atoms with Gasteiger partial charge in [-0.3, -0.25) is 14.5 Å². The zero-order chi connectivity index (χ0) is 16.6. The molecule has 0 aromatic heterocycles. The molecule has 4 heteroatoms. The highest BCUT2D eigenvalue weighted by Gasteiger charge is 2.66. The summed E-state index contributed by atoms with van der Waals surface area (Å²) in [5, 5.41) is 3.28. The van der Waals surface area contributed by atoms with Crippen molar-refractivity contribution in [1.82, 2.24) is 4.90 Å². The standard InChI is InChI=1S/C20H22N2O2/c1-10-5-11(2)7-12(6-10)21-9-22-19(23)17-13-3-4-14(16-8-15(13)16)18(17)20(22)24/h3-7,13-18,21H,8-9H2,1-2H3. The van der Waals surface area contributed by atoms with Gasteiger partial charge in [0.1, 0.15) is 0 Å². The third-order valence-electron chi connectivity index (χ3n) is 6.42. The summed E-state index contributed by atoms with van der Waals surface area (Å²) in [6, 6.07) is 6.21. The van der Waals surface area contributed by atoms with Crippen molar-refractivity contribution in [3.8, 4) is 0 Å². The Morgan fingerprint density at radius 1 is 0.958 bits per heavy atom. The minimum absolute atomic E-state index is 0.0339. The average molecular weight is 322 g/mol. The SMILES string of the molecule is Cc1cc(C)cc(NCN2C(=O)C3C4C=CC(C5CC45)C3C2=O)c1. The molecule has 0 radical (unpaired) electrons. The highest BCUT2D eigenvalue weighted by molar-refractivity contribution is 6.06. The van der Waals surface area contributed by atoms with Crippen LogP contribution in [0.25, 0.3) is 0 Å². The van der Waals surface area contributed by atoms with Crippen molar-refractivity contribution in [2.45, 2.75) is 20.3 Å². The Balaban J connectivity index is 1.37. The van der Waals surface area contributed by atoms with Gasteiger partial charge in [-0.25, -0.2) is 0 Å². The molecule has 124 valence electrons. The van der Waals surface area contributed by atoms with Gasteiger partial charge in [0.15, 0.2) is 0 Å². The van der Waals surface area contributed by atoms with Crippen molar-refractivity contribution < 1.29 is 9.59 Å². The number of carbonyl (C=O) groups excluding carboxylic acids is 2. The minimum Gasteiger partial charge on any atom is -0.367 e. The van der Waals surface area contributed by atoms with Crippen LogP contribution in [-0.4, -0.2) is 23.4 Å². The van der Waals surface area contributed by atoms with E-state index in [1.54, 1.807) is 0 Å². The maximum absolute atomic E-state index is 12.9. The third-order valence-corrected chi connectivity index (χ3v) is 6.42. The smallest absolute Gasteiger partial charge is 0.235 e. The number of rotatable bonds is 3. The number of likely N-dealkylation sites (tertiary alicyclic amines) is 1. The summed E-state index contributed by atoms with van der Waals surface area (Å²) in [6.45, 7) is 4.38. The average Bonchev–Trinajstić information content (AvgIpc) is 3.31. The fourth-order valence-electron chi connectivity index (χ4n) is 5.42. The molecular weight excluding hydrogens is 300 g/mol. The third kappa shape index (κ3) is 1.86. The van der Waals surface area contributed by atoms with E-state index in [1.165, 1.54) is 22.4 Å². The van der Waals surface area contributed by atoms with Gasteiger partial charge in [-0.2, -0.15) is 0 Å². The molecule has 2 saturated carbocycles. The predicted molar refractivity (Wildman–Crippen MR) is 91.0 cm³/mol. The van der Waals surface area contributed by atoms with Gasteiger partial charge in [0.25, 0.3) is 0 Å². The quantitative estimate of drug-likeness (QED) is 0.688. The molecule has 3 fully saturated rings. The number of anilines is 1. The van der Waals surface area contributed by atoms with E-state index in [9.17, 15) is 9.59 Å². The topological polar surface area (TPSA) is 49.4 Å². The summed E-state index contributed by atoms with van der Waals surface area (Å²) in [6.07, 6.45) is 5.63. The summed E-state index contributed by atoms with van der Waals surface area (Å²) in [5.74, 6) is 1.78. The molecule has 24 heavy (non-hydrogen) atoms. The van der Waals surface area contributed by atoms with E-state index in [-0.39, 0.29) is 30.3 Å². The Morgan fingerprint density at radius 3 is 2.04 bits per heavy atom. The molecule has 4 aliphatic carbocycles. The number of hydrogen-bond donors (Lipinski definition) is 1. The molecule has 1 saturated heterocycles. The Hall–Kier alpha value is -2.10. The van der Waals surface area contributed by atoms with E-state index >= 15 is 0 Å². The number of allylic oxidation sites excluding steroid dienone is 2. The molecular formula is C20H22N2O2. The van der Waals surface area contributed by atoms with Crippen LogP contribution < -0.4 is 5.32 Å². The number of benzene rings is 1. The normalized spacial score (nSPS) is 38.3. The van der Waals surface area contributed by atoms with Gasteiger partial charge in [0.2, 0.25) is 11.8 Å². The molecule has 6 unspecified atom stereocenters. The van der Waals surface area contributed by atoms with E-state index in [2.05, 4.69) is 37.4 Å². The Bertz CT molecular complexity index is 728. The van der Waals surface area contributed by atoms with E-state index in [1.807, 2.05) is 12.1 Å². The van der Waals surface area contributed by atoms with Crippen molar-refractivity contribution in [2.24, 2.45) is 35.5 Å². The van der Waals surface area contributed by atoms with Crippen molar-refractivity contribution in [2.75, 3.05) is 12.0 Å². The molecule has 0 spiro atoms. The van der Waals surface area contributed by atoms with E-state index in [0.717, 1.165) is 5.69 Å². The zero-order valence-corrected chi connectivity index (χ0v) is 14.0. The lowest BCUT2D eigenvalue weighted by Gasteiger charge is -2.37. The Labute approximate surface area is 141 Å². The Morgan fingerprint density at radius 2 is 1.50 bits per heavy atom. The van der Waals surface area contributed by atoms with Gasteiger partial charge in [0.05, 0.1) is 18.5 Å². The summed E-state index contributed by atoms with van der Waals surface area (Å²) >= 11 is 0. The molecule has 2 amide bonds. The molecule has 6 rings (SSSR count). The van der Waals surface area contributed by atoms with Crippen molar-refractivity contribution in [1.29, 1.82) is 0 Å². The molecule has 5 aliphatic rings. The molecule has 4 nitrogen and oxygen atoms in total. The number of hydrogen-bond acceptors (Lipinski definition) is 3. The van der Waals surface area contributed by atoms with Crippen LogP contribution in [0.15, 0.2) is 30.4 Å². The van der Waals surface area contributed by atoms with Crippen LogP contribution in [0.4, 0.5) is 5.69 Å². The van der Waals surface area contributed by atoms with Crippen molar-refractivity contribution in [3.05, 3.63) is 41.5 Å². The van der Waals surface area contributed by atoms with Gasteiger partial charge >= 0.3 is 0 Å². The molecule has 1 aliphatic heterocycles. The summed E-state index contributed by atoms with van der Waals surface area (Å²) in [7, 11) is 0. The fourth-order valence-corrected chi connectivity index (χ4v) is 5.42. The van der Waals surface area contributed by atoms with Gasteiger partial charge < -0.3 is 5.32 Å². The first-order chi connectivity index (χ1) is 11.5. The Kier molecular flexibility index (Phi) is 2.80. The van der Waals surface area contributed by atoms with Crippen LogP contribution in [-0.2, 0) is 9.59 Å². The lowest BCUT2D eigenvalue weighted by molar-refractivity contribution is -0.139. The maximum Gasteiger partial charge on any atom is 0.235 e. The first-order valence-electron chi connectivity index (χ1n) is 8.90. The van der Waals surface area contributed by atoms with Gasteiger partial charge in [-0.15, -0.1) is 0 Å². The number of aryl methyl sites for hydroxylation is 2. The lowest BCUT2D eigenvalue weighted by atomic mass is 9.63. The first-order valence-corrected chi connectivity index (χ1v) is 8.90. The highest BCUT2D eigenvalue weighted by Crippen LogP contribution is 2.65. The van der Waals surface area contributed by atoms with Crippen LogP contribution in [0.1, 0.15) is 17.5 Å². The monoisotopic (exact) mass is 322 g/mol. The molecule has 1 aromatic rings. The van der Waals surface area contributed by atoms with E-state index in [0.29, 0.717) is 23.7 Å². The number of nitrogens with zero attached hydrogens (tertiary/aromatic N) is 1. The van der Waals surface area contributed by atoms with Gasteiger partial charge in [-0.1, -0.05) is 18.2 Å². The molecule has 1 aromatic carbocycles. The van der Waals surface area contributed by atoms with E-state index in [4.69, 9.17) is 0 Å². The number of nitrogens with one attached hydrogen (secondary N) is 1. The van der Waals surface area contributed by atoms with Crippen LogP contribution in [0.5, 0.6) is 0 Å². The number of imide groups is 1. The largest absolute Gasteiger partial charge is 0.367 e. The molecule has 2 bridgehead atoms. The summed E-state index contributed by atoms with van der Waals surface area (Å²) in [4.78, 5) is 27.2. The predicted octanol–water partition coefficient (Wildman–Crippen LogP) is 2.73. The maximum atomic E-state index is 12.9. The van der Waals surface area contributed by atoms with Crippen LogP contribution in [0.3, 0.4) is 0 Å². The minimum atomic E-state index is -0.0997. The summed E-state index contributed by atoms with van der Waals surface area (Å²) in [5.41, 5.74) is 3.31. The van der Waals surface area contributed by atoms with Gasteiger partial charge in [-0.05, 0) is 67.2 Å². The molecule has 6 atom stereocenters. The fraction of sp³-hybridized carbons (Fsp3) is 0.500. The second-order valence-corrected chi connectivity index (χ2v) is 7.97. The van der Waals surface area contributed by atoms with E-state index < -0.39 is 0 Å². The second kappa shape index (κ2) is 4.71. The van der Waals surface area contributed by atoms with Crippen molar-refractivity contribution >= 4 is 17.5 Å². The van der Waals surface area contributed by atoms with Crippen molar-refractivity contribution in [3.63, 3.8) is 0 Å². The number of amides is 2. The first kappa shape index (κ1) is 14.3. The lowest BCUT2D eigenvalue weighted by Crippen LogP contribution is -2.40. The highest BCUT2D eigenvalue weighted by atomic mass is 16.2. The second-order valence-electron chi connectivity index (χ2n) is 7.97. The van der Waals surface area contributed by atoms with Crippen LogP contribution in [0, 0.1) is 49.4 Å².